The quantitative estimate of drug-likeness (QED) is 0.207. The average molecular weight is 541 g/mol. The van der Waals surface area contributed by atoms with Crippen LogP contribution in [0.1, 0.15) is 43.3 Å². The summed E-state index contributed by atoms with van der Waals surface area (Å²) in [5.74, 6) is -0.515. The van der Waals surface area contributed by atoms with Gasteiger partial charge in [-0.15, -0.1) is 0 Å². The van der Waals surface area contributed by atoms with Gasteiger partial charge in [0.2, 0.25) is 0 Å². The number of carbonyl (C=O) groups excluding carboxylic acids is 2. The van der Waals surface area contributed by atoms with E-state index in [1.165, 1.54) is 5.39 Å². The maximum absolute atomic E-state index is 13.0. The predicted molar refractivity (Wildman–Crippen MR) is 158 cm³/mol. The number of benzene rings is 3. The Hall–Kier alpha value is -4.43. The first-order valence-corrected chi connectivity index (χ1v) is 13.2. The zero-order valence-corrected chi connectivity index (χ0v) is 23.6. The van der Waals surface area contributed by atoms with Gasteiger partial charge in [-0.1, -0.05) is 60.7 Å². The normalized spacial score (nSPS) is 12.4. The van der Waals surface area contributed by atoms with E-state index in [4.69, 9.17) is 9.47 Å². The molecule has 1 atom stereocenters. The lowest BCUT2D eigenvalue weighted by Crippen LogP contribution is -2.49. The molecule has 1 heterocycles. The van der Waals surface area contributed by atoms with Gasteiger partial charge < -0.3 is 19.4 Å². The van der Waals surface area contributed by atoms with Crippen LogP contribution in [0, 0.1) is 13.8 Å². The third kappa shape index (κ3) is 7.57. The monoisotopic (exact) mass is 540 g/mol. The number of hydrazone groups is 1. The van der Waals surface area contributed by atoms with E-state index >= 15 is 0 Å². The summed E-state index contributed by atoms with van der Waals surface area (Å²) in [6.45, 7) is 9.56. The van der Waals surface area contributed by atoms with E-state index in [1.807, 2.05) is 62.4 Å². The van der Waals surface area contributed by atoms with E-state index in [1.54, 1.807) is 27.0 Å². The van der Waals surface area contributed by atoms with Gasteiger partial charge in [0.25, 0.3) is 5.91 Å². The number of ether oxygens (including phenoxy) is 2. The van der Waals surface area contributed by atoms with Crippen LogP contribution >= 0.6 is 0 Å². The van der Waals surface area contributed by atoms with Crippen LogP contribution in [0.5, 0.6) is 0 Å². The lowest BCUT2D eigenvalue weighted by molar-refractivity contribution is -0.124. The average Bonchev–Trinajstić information content (AvgIpc) is 3.19. The Balaban J connectivity index is 1.44. The first-order chi connectivity index (χ1) is 19.1. The summed E-state index contributed by atoms with van der Waals surface area (Å²) in [5, 5.41) is 9.12. The van der Waals surface area contributed by atoms with Gasteiger partial charge in [-0.05, 0) is 69.2 Å². The number of nitrogens with one attached hydrogen (secondary N) is 2. The van der Waals surface area contributed by atoms with Crippen molar-refractivity contribution in [2.75, 3.05) is 6.61 Å². The fourth-order valence-electron chi connectivity index (χ4n) is 4.38. The Kier molecular flexibility index (Phi) is 9.01. The third-order valence-electron chi connectivity index (χ3n) is 6.24. The highest BCUT2D eigenvalue weighted by molar-refractivity contribution is 5.88. The molecule has 2 N–H and O–H groups in total. The van der Waals surface area contributed by atoms with Gasteiger partial charge in [0.1, 0.15) is 11.6 Å². The second-order valence-electron chi connectivity index (χ2n) is 10.6. The van der Waals surface area contributed by atoms with Crippen molar-refractivity contribution in [2.45, 2.75) is 52.9 Å². The van der Waals surface area contributed by atoms with E-state index in [0.717, 1.165) is 33.6 Å². The first-order valence-electron chi connectivity index (χ1n) is 13.2. The number of hydrogen-bond acceptors (Lipinski definition) is 5. The van der Waals surface area contributed by atoms with Crippen molar-refractivity contribution in [1.82, 2.24) is 15.3 Å². The molecule has 2 amide bonds. The van der Waals surface area contributed by atoms with Gasteiger partial charge in [-0.25, -0.2) is 10.2 Å². The summed E-state index contributed by atoms with van der Waals surface area (Å²) in [5.41, 5.74) is 6.73. The Morgan fingerprint density at radius 1 is 0.950 bits per heavy atom. The lowest BCUT2D eigenvalue weighted by atomic mass is 10.1. The fraction of sp³-hybridized carbons (Fsp3) is 0.281. The van der Waals surface area contributed by atoms with Crippen LogP contribution in [0.25, 0.3) is 16.5 Å². The summed E-state index contributed by atoms with van der Waals surface area (Å²) in [4.78, 5) is 25.4. The van der Waals surface area contributed by atoms with Gasteiger partial charge in [0, 0.05) is 22.6 Å². The Labute approximate surface area is 235 Å². The van der Waals surface area contributed by atoms with Gasteiger partial charge >= 0.3 is 6.09 Å². The topological polar surface area (TPSA) is 93.9 Å². The molecule has 8 heteroatoms. The Morgan fingerprint density at radius 2 is 1.65 bits per heavy atom. The molecule has 0 saturated heterocycles. The van der Waals surface area contributed by atoms with Gasteiger partial charge in [0.15, 0.2) is 0 Å². The highest BCUT2D eigenvalue weighted by Crippen LogP contribution is 2.23. The van der Waals surface area contributed by atoms with Crippen LogP contribution in [0.3, 0.4) is 0 Å². The molecule has 0 saturated carbocycles. The Morgan fingerprint density at radius 3 is 2.38 bits per heavy atom. The zero-order valence-electron chi connectivity index (χ0n) is 23.6. The van der Waals surface area contributed by atoms with Crippen molar-refractivity contribution in [3.8, 4) is 5.69 Å². The molecule has 0 aliphatic rings. The molecule has 208 valence electrons. The fourth-order valence-corrected chi connectivity index (χ4v) is 4.38. The van der Waals surface area contributed by atoms with E-state index < -0.39 is 23.6 Å². The zero-order chi connectivity index (χ0) is 28.7. The summed E-state index contributed by atoms with van der Waals surface area (Å²) < 4.78 is 13.2. The van der Waals surface area contributed by atoms with E-state index in [2.05, 4.69) is 50.7 Å². The molecule has 0 radical (unpaired) electrons. The maximum Gasteiger partial charge on any atom is 0.408 e. The summed E-state index contributed by atoms with van der Waals surface area (Å²) in [7, 11) is 0. The van der Waals surface area contributed by atoms with Gasteiger partial charge in [-0.3, -0.25) is 4.79 Å². The van der Waals surface area contributed by atoms with Crippen molar-refractivity contribution in [1.29, 1.82) is 0 Å². The molecule has 0 spiro atoms. The molecule has 0 aliphatic heterocycles. The molecule has 4 rings (SSSR count). The molecule has 0 unspecified atom stereocenters. The first kappa shape index (κ1) is 28.6. The molecule has 8 nitrogen and oxygen atoms in total. The van der Waals surface area contributed by atoms with Crippen molar-refractivity contribution >= 4 is 29.0 Å². The van der Waals surface area contributed by atoms with Crippen LogP contribution in [0.2, 0.25) is 0 Å². The molecule has 1 aromatic heterocycles. The second-order valence-corrected chi connectivity index (χ2v) is 10.6. The molecule has 4 aromatic rings. The highest BCUT2D eigenvalue weighted by Gasteiger charge is 2.24. The molecule has 40 heavy (non-hydrogen) atoms. The van der Waals surface area contributed by atoms with Crippen molar-refractivity contribution in [2.24, 2.45) is 5.10 Å². The number of carbonyl (C=O) groups is 2. The van der Waals surface area contributed by atoms with Crippen molar-refractivity contribution < 1.29 is 19.1 Å². The van der Waals surface area contributed by atoms with Crippen LogP contribution in [0.15, 0.2) is 84.0 Å². The predicted octanol–water partition coefficient (Wildman–Crippen LogP) is 5.81. The summed E-state index contributed by atoms with van der Waals surface area (Å²) in [6.07, 6.45) is 0.895. The highest BCUT2D eigenvalue weighted by atomic mass is 16.6. The van der Waals surface area contributed by atoms with E-state index in [0.29, 0.717) is 6.61 Å². The number of hydrogen-bond donors (Lipinski definition) is 2. The molecular weight excluding hydrogens is 504 g/mol. The number of amides is 2. The second kappa shape index (κ2) is 12.6. The number of aromatic nitrogens is 1. The number of rotatable bonds is 9. The summed E-state index contributed by atoms with van der Waals surface area (Å²) >= 11 is 0. The van der Waals surface area contributed by atoms with Crippen LogP contribution < -0.4 is 10.7 Å². The smallest absolute Gasteiger partial charge is 0.408 e. The van der Waals surface area contributed by atoms with Crippen LogP contribution in [0.4, 0.5) is 4.79 Å². The Bertz CT molecular complexity index is 1500. The number of alkyl carbamates (subject to hydrolysis) is 1. The number of fused-ring (bicyclic) bond motifs is 1. The molecule has 0 bridgehead atoms. The minimum atomic E-state index is -0.999. The maximum atomic E-state index is 13.0. The van der Waals surface area contributed by atoms with E-state index in [-0.39, 0.29) is 6.61 Å². The largest absolute Gasteiger partial charge is 0.444 e. The molecule has 0 aliphatic carbocycles. The van der Waals surface area contributed by atoms with Gasteiger partial charge in [0.05, 0.1) is 19.4 Å². The molecular formula is C32H36N4O4. The number of aryl methyl sites for hydroxylation is 1. The molecule has 3 aromatic carbocycles. The molecule has 0 fully saturated rings. The van der Waals surface area contributed by atoms with Crippen molar-refractivity contribution in [3.63, 3.8) is 0 Å². The SMILES string of the molecule is Cc1cc(/C=N\NC(=O)[C@H](COCc2ccccc2)NC(=O)OC(C)(C)C)c(C)n1-c1ccc2ccccc2c1. The summed E-state index contributed by atoms with van der Waals surface area (Å²) in [6, 6.07) is 25.2. The third-order valence-corrected chi connectivity index (χ3v) is 6.24. The van der Waals surface area contributed by atoms with Crippen LogP contribution in [-0.4, -0.2) is 41.0 Å². The minimum Gasteiger partial charge on any atom is -0.444 e. The van der Waals surface area contributed by atoms with Crippen molar-refractivity contribution in [3.05, 3.63) is 101 Å². The number of nitrogens with zero attached hydrogens (tertiary/aromatic N) is 2. The van der Waals surface area contributed by atoms with E-state index in [9.17, 15) is 9.59 Å². The lowest BCUT2D eigenvalue weighted by Gasteiger charge is -2.22. The minimum absolute atomic E-state index is 0.0496. The van der Waals surface area contributed by atoms with Crippen LogP contribution in [-0.2, 0) is 20.9 Å². The van der Waals surface area contributed by atoms with Gasteiger partial charge in [-0.2, -0.15) is 5.10 Å². The standard InChI is InChI=1S/C32H36N4O4/c1-22-17-27(23(2)36(22)28-16-15-25-13-9-10-14-26(25)18-28)19-33-35-30(37)29(34-31(38)40-32(3,4)5)21-39-20-24-11-7-6-8-12-24/h6-19,29H,20-21H2,1-5H3,(H,34,38)(H,35,37)/b33-19-/t29-/m0/s1.